The highest BCUT2D eigenvalue weighted by molar-refractivity contribution is 7.98. The van der Waals surface area contributed by atoms with Crippen LogP contribution < -0.4 is 0 Å². The van der Waals surface area contributed by atoms with E-state index in [4.69, 9.17) is 4.74 Å². The molecule has 0 aromatic heterocycles. The Bertz CT molecular complexity index is 145. The van der Waals surface area contributed by atoms with Gasteiger partial charge in [-0.3, -0.25) is 9.59 Å². The van der Waals surface area contributed by atoms with Crippen LogP contribution in [0, 0.1) is 0 Å². The van der Waals surface area contributed by atoms with Gasteiger partial charge in [0, 0.05) is 5.75 Å². The van der Waals surface area contributed by atoms with Crippen LogP contribution in [0.1, 0.15) is 13.3 Å². The molecule has 3 nitrogen and oxygen atoms in total. The van der Waals surface area contributed by atoms with Crippen molar-refractivity contribution >= 4 is 23.5 Å². The summed E-state index contributed by atoms with van der Waals surface area (Å²) >= 11 is 1.60. The fourth-order valence-electron chi connectivity index (χ4n) is 0.493. The lowest BCUT2D eigenvalue weighted by Gasteiger charge is -2.00. The van der Waals surface area contributed by atoms with E-state index in [0.717, 1.165) is 5.75 Å². The molecule has 0 aromatic rings. The van der Waals surface area contributed by atoms with Gasteiger partial charge in [-0.05, 0) is 13.2 Å². The molecule has 4 heteroatoms. The van der Waals surface area contributed by atoms with E-state index in [1.807, 2.05) is 6.26 Å². The SMILES string of the molecule is CSCCOC(=O)CC(C)=O. The van der Waals surface area contributed by atoms with Crippen molar-refractivity contribution < 1.29 is 14.3 Å². The molecule has 0 N–H and O–H groups in total. The molecule has 0 saturated heterocycles. The van der Waals surface area contributed by atoms with Gasteiger partial charge in [-0.2, -0.15) is 11.8 Å². The van der Waals surface area contributed by atoms with Crippen LogP contribution in [-0.4, -0.2) is 30.4 Å². The van der Waals surface area contributed by atoms with Gasteiger partial charge >= 0.3 is 5.97 Å². The number of Topliss-reactive ketones (excluding diaryl/α,β-unsaturated/α-hetero) is 1. The largest absolute Gasteiger partial charge is 0.464 e. The molecule has 64 valence electrons. The van der Waals surface area contributed by atoms with Crippen molar-refractivity contribution in [3.05, 3.63) is 0 Å². The van der Waals surface area contributed by atoms with Gasteiger partial charge in [0.15, 0.2) is 0 Å². The first-order valence-electron chi connectivity index (χ1n) is 3.31. The van der Waals surface area contributed by atoms with E-state index in [1.165, 1.54) is 6.92 Å². The highest BCUT2D eigenvalue weighted by Crippen LogP contribution is 1.93. The standard InChI is InChI=1S/C7H12O3S/c1-6(8)5-7(9)10-3-4-11-2/h3-5H2,1-2H3. The first-order valence-corrected chi connectivity index (χ1v) is 4.70. The minimum absolute atomic E-state index is 0.103. The molecule has 0 aliphatic rings. The topological polar surface area (TPSA) is 43.4 Å². The molecule has 0 unspecified atom stereocenters. The zero-order chi connectivity index (χ0) is 8.69. The van der Waals surface area contributed by atoms with Gasteiger partial charge < -0.3 is 4.74 Å². The maximum Gasteiger partial charge on any atom is 0.313 e. The first kappa shape index (κ1) is 10.5. The summed E-state index contributed by atoms with van der Waals surface area (Å²) in [5.41, 5.74) is 0. The fraction of sp³-hybridized carbons (Fsp3) is 0.714. The molecule has 0 bridgehead atoms. The number of hydrogen-bond donors (Lipinski definition) is 0. The molecule has 0 radical (unpaired) electrons. The number of hydrogen-bond acceptors (Lipinski definition) is 4. The quantitative estimate of drug-likeness (QED) is 0.354. The van der Waals surface area contributed by atoms with Crippen LogP contribution in [0.25, 0.3) is 0 Å². The molecule has 0 rings (SSSR count). The minimum Gasteiger partial charge on any atom is -0.464 e. The maximum absolute atomic E-state index is 10.7. The third-order valence-electron chi connectivity index (χ3n) is 0.944. The second-order valence-electron chi connectivity index (χ2n) is 2.09. The average Bonchev–Trinajstić information content (AvgIpc) is 1.86. The van der Waals surface area contributed by atoms with Crippen molar-refractivity contribution in [2.24, 2.45) is 0 Å². The third kappa shape index (κ3) is 7.39. The summed E-state index contributed by atoms with van der Waals surface area (Å²) in [5, 5.41) is 0. The van der Waals surface area contributed by atoms with Crippen LogP contribution in [-0.2, 0) is 14.3 Å². The third-order valence-corrected chi connectivity index (χ3v) is 1.52. The molecule has 0 atom stereocenters. The van der Waals surface area contributed by atoms with Gasteiger partial charge in [0.05, 0.1) is 0 Å². The molecule has 0 spiro atoms. The van der Waals surface area contributed by atoms with E-state index >= 15 is 0 Å². The summed E-state index contributed by atoms with van der Waals surface area (Å²) < 4.78 is 4.71. The molecular weight excluding hydrogens is 164 g/mol. The predicted octanol–water partition coefficient (Wildman–Crippen LogP) is 0.872. The molecule has 11 heavy (non-hydrogen) atoms. The Labute approximate surface area is 70.5 Å². The van der Waals surface area contributed by atoms with Crippen LogP contribution in [0.15, 0.2) is 0 Å². The molecule has 0 heterocycles. The Kier molecular flexibility index (Phi) is 5.93. The number of esters is 1. The molecular formula is C7H12O3S. The van der Waals surface area contributed by atoms with Gasteiger partial charge in [-0.15, -0.1) is 0 Å². The summed E-state index contributed by atoms with van der Waals surface area (Å²) in [7, 11) is 0. The second-order valence-corrected chi connectivity index (χ2v) is 3.08. The summed E-state index contributed by atoms with van der Waals surface area (Å²) in [4.78, 5) is 21.1. The lowest BCUT2D eigenvalue weighted by Crippen LogP contribution is -2.10. The monoisotopic (exact) mass is 176 g/mol. The molecule has 0 fully saturated rings. The number of carbonyl (C=O) groups is 2. The Hall–Kier alpha value is -0.510. The van der Waals surface area contributed by atoms with Crippen LogP contribution >= 0.6 is 11.8 Å². The summed E-state index contributed by atoms with van der Waals surface area (Å²) in [6.07, 6.45) is 1.83. The van der Waals surface area contributed by atoms with Gasteiger partial charge in [-0.25, -0.2) is 0 Å². The Balaban J connectivity index is 3.30. The normalized spacial score (nSPS) is 9.27. The summed E-state index contributed by atoms with van der Waals surface area (Å²) in [5.74, 6) is 0.203. The zero-order valence-corrected chi connectivity index (χ0v) is 7.57. The highest BCUT2D eigenvalue weighted by Gasteiger charge is 2.04. The van der Waals surface area contributed by atoms with Crippen molar-refractivity contribution in [1.29, 1.82) is 0 Å². The number of thioether (sulfide) groups is 1. The van der Waals surface area contributed by atoms with E-state index in [1.54, 1.807) is 11.8 Å². The van der Waals surface area contributed by atoms with Crippen molar-refractivity contribution in [1.82, 2.24) is 0 Å². The zero-order valence-electron chi connectivity index (χ0n) is 6.75. The second kappa shape index (κ2) is 6.22. The van der Waals surface area contributed by atoms with Crippen LogP contribution in [0.5, 0.6) is 0 Å². The lowest BCUT2D eigenvalue weighted by molar-refractivity contribution is -0.145. The minimum atomic E-state index is -0.424. The lowest BCUT2D eigenvalue weighted by atomic mass is 10.3. The van der Waals surface area contributed by atoms with Crippen molar-refractivity contribution in [2.45, 2.75) is 13.3 Å². The Morgan fingerprint density at radius 2 is 2.09 bits per heavy atom. The van der Waals surface area contributed by atoms with Gasteiger partial charge in [0.1, 0.15) is 18.8 Å². The fourth-order valence-corrected chi connectivity index (χ4v) is 0.743. The molecule has 0 amide bonds. The van der Waals surface area contributed by atoms with Gasteiger partial charge in [0.2, 0.25) is 0 Å². The van der Waals surface area contributed by atoms with E-state index in [0.29, 0.717) is 6.61 Å². The van der Waals surface area contributed by atoms with Crippen molar-refractivity contribution in [3.63, 3.8) is 0 Å². The number of rotatable bonds is 5. The Morgan fingerprint density at radius 3 is 2.55 bits per heavy atom. The van der Waals surface area contributed by atoms with Crippen LogP contribution in [0.4, 0.5) is 0 Å². The number of ketones is 1. The predicted molar refractivity (Wildman–Crippen MR) is 44.6 cm³/mol. The average molecular weight is 176 g/mol. The first-order chi connectivity index (χ1) is 5.16. The smallest absolute Gasteiger partial charge is 0.313 e. The number of carbonyl (C=O) groups excluding carboxylic acids is 2. The summed E-state index contributed by atoms with van der Waals surface area (Å²) in [6.45, 7) is 1.77. The summed E-state index contributed by atoms with van der Waals surface area (Å²) in [6, 6.07) is 0. The van der Waals surface area contributed by atoms with E-state index in [-0.39, 0.29) is 12.2 Å². The van der Waals surface area contributed by atoms with Gasteiger partial charge in [-0.1, -0.05) is 0 Å². The van der Waals surface area contributed by atoms with Crippen molar-refractivity contribution in [2.75, 3.05) is 18.6 Å². The van der Waals surface area contributed by atoms with Gasteiger partial charge in [0.25, 0.3) is 0 Å². The van der Waals surface area contributed by atoms with Crippen LogP contribution in [0.2, 0.25) is 0 Å². The molecule has 0 saturated carbocycles. The molecule has 0 aliphatic carbocycles. The highest BCUT2D eigenvalue weighted by atomic mass is 32.2. The molecule has 0 aliphatic heterocycles. The Morgan fingerprint density at radius 1 is 1.45 bits per heavy atom. The maximum atomic E-state index is 10.7. The van der Waals surface area contributed by atoms with E-state index in [2.05, 4.69) is 0 Å². The van der Waals surface area contributed by atoms with E-state index < -0.39 is 5.97 Å². The number of ether oxygens (including phenoxy) is 1. The molecule has 0 aromatic carbocycles. The van der Waals surface area contributed by atoms with Crippen LogP contribution in [0.3, 0.4) is 0 Å². The van der Waals surface area contributed by atoms with Crippen molar-refractivity contribution in [3.8, 4) is 0 Å². The van der Waals surface area contributed by atoms with E-state index in [9.17, 15) is 9.59 Å².